The number of carboxylic acid groups (broad SMARTS) is 1. The number of hydrogen-bond donors (Lipinski definition) is 4. The second-order valence-corrected chi connectivity index (χ2v) is 6.46. The van der Waals surface area contributed by atoms with Gasteiger partial charge in [-0.25, -0.2) is 9.48 Å². The summed E-state index contributed by atoms with van der Waals surface area (Å²) in [6.07, 6.45) is -0.620. The molecule has 1 heterocycles. The standard InChI is InChI=1S/C20H22N4O4/c1-3-16-15-8-7-13(21-19(26)17(11-25)22-20(27)28)10-18(15)24(23-16)14-6-4-5-12(2)9-14/h4-10,17,22,25H,3,11H2,1-2H3,(H,21,26)(H,27,28). The van der Waals surface area contributed by atoms with Crippen molar-refractivity contribution in [2.75, 3.05) is 11.9 Å². The van der Waals surface area contributed by atoms with E-state index in [1.807, 2.05) is 54.2 Å². The largest absolute Gasteiger partial charge is 0.465 e. The van der Waals surface area contributed by atoms with E-state index in [9.17, 15) is 14.7 Å². The van der Waals surface area contributed by atoms with Crippen LogP contribution in [-0.4, -0.2) is 44.6 Å². The van der Waals surface area contributed by atoms with Gasteiger partial charge in [-0.15, -0.1) is 0 Å². The number of anilines is 1. The first kappa shape index (κ1) is 19.4. The van der Waals surface area contributed by atoms with E-state index < -0.39 is 24.6 Å². The fourth-order valence-electron chi connectivity index (χ4n) is 3.05. The van der Waals surface area contributed by atoms with Gasteiger partial charge >= 0.3 is 6.09 Å². The van der Waals surface area contributed by atoms with Gasteiger partial charge in [0.2, 0.25) is 5.91 Å². The zero-order chi connectivity index (χ0) is 20.3. The molecule has 0 radical (unpaired) electrons. The predicted octanol–water partition coefficient (Wildman–Crippen LogP) is 2.46. The maximum absolute atomic E-state index is 12.3. The third kappa shape index (κ3) is 3.96. The molecule has 0 aliphatic rings. The van der Waals surface area contributed by atoms with E-state index in [1.165, 1.54) is 0 Å². The number of amides is 2. The van der Waals surface area contributed by atoms with Gasteiger partial charge in [0.15, 0.2) is 0 Å². The minimum atomic E-state index is -1.38. The average molecular weight is 382 g/mol. The lowest BCUT2D eigenvalue weighted by atomic mass is 10.1. The van der Waals surface area contributed by atoms with Gasteiger partial charge in [-0.2, -0.15) is 5.10 Å². The normalized spacial score (nSPS) is 12.0. The van der Waals surface area contributed by atoms with Crippen LogP contribution in [0.4, 0.5) is 10.5 Å². The van der Waals surface area contributed by atoms with Gasteiger partial charge in [-0.3, -0.25) is 4.79 Å². The fourth-order valence-corrected chi connectivity index (χ4v) is 3.05. The third-order valence-electron chi connectivity index (χ3n) is 4.40. The number of aromatic nitrogens is 2. The van der Waals surface area contributed by atoms with Gasteiger partial charge in [0.25, 0.3) is 0 Å². The Morgan fingerprint density at radius 1 is 1.21 bits per heavy atom. The summed E-state index contributed by atoms with van der Waals surface area (Å²) in [5.41, 5.74) is 4.27. The SMILES string of the molecule is CCc1nn(-c2cccc(C)c2)c2cc(NC(=O)C(CO)NC(=O)O)ccc12. The summed E-state index contributed by atoms with van der Waals surface area (Å²) in [5, 5.41) is 28.3. The summed E-state index contributed by atoms with van der Waals surface area (Å²) < 4.78 is 1.83. The number of carbonyl (C=O) groups excluding carboxylic acids is 1. The molecule has 0 saturated carbocycles. The molecule has 1 aromatic heterocycles. The third-order valence-corrected chi connectivity index (χ3v) is 4.40. The van der Waals surface area contributed by atoms with Gasteiger partial charge in [-0.05, 0) is 49.2 Å². The van der Waals surface area contributed by atoms with Crippen molar-refractivity contribution in [3.8, 4) is 5.69 Å². The summed E-state index contributed by atoms with van der Waals surface area (Å²) in [5.74, 6) is -0.637. The highest BCUT2D eigenvalue weighted by Crippen LogP contribution is 2.26. The van der Waals surface area contributed by atoms with Crippen molar-refractivity contribution in [3.05, 3.63) is 53.7 Å². The molecule has 3 rings (SSSR count). The van der Waals surface area contributed by atoms with Gasteiger partial charge in [0.05, 0.1) is 23.5 Å². The van der Waals surface area contributed by atoms with Crippen LogP contribution in [0, 0.1) is 6.92 Å². The van der Waals surface area contributed by atoms with Gasteiger partial charge in [0.1, 0.15) is 6.04 Å². The molecular formula is C20H22N4O4. The van der Waals surface area contributed by atoms with Crippen LogP contribution in [-0.2, 0) is 11.2 Å². The molecule has 1 atom stereocenters. The highest BCUT2D eigenvalue weighted by atomic mass is 16.4. The van der Waals surface area contributed by atoms with E-state index in [2.05, 4.69) is 5.32 Å². The van der Waals surface area contributed by atoms with Crippen molar-refractivity contribution in [3.63, 3.8) is 0 Å². The summed E-state index contributed by atoms with van der Waals surface area (Å²) in [6, 6.07) is 12.1. The maximum atomic E-state index is 12.3. The van der Waals surface area contributed by atoms with E-state index in [1.54, 1.807) is 12.1 Å². The second-order valence-electron chi connectivity index (χ2n) is 6.46. The lowest BCUT2D eigenvalue weighted by Gasteiger charge is -2.14. The topological polar surface area (TPSA) is 116 Å². The summed E-state index contributed by atoms with van der Waals surface area (Å²) in [6.45, 7) is 3.40. The van der Waals surface area contributed by atoms with E-state index in [-0.39, 0.29) is 0 Å². The lowest BCUT2D eigenvalue weighted by Crippen LogP contribution is -2.45. The number of benzene rings is 2. The molecule has 0 spiro atoms. The highest BCUT2D eigenvalue weighted by molar-refractivity contribution is 5.98. The van der Waals surface area contributed by atoms with Crippen LogP contribution in [0.25, 0.3) is 16.6 Å². The lowest BCUT2D eigenvalue weighted by molar-refractivity contribution is -0.118. The number of rotatable bonds is 6. The second kappa shape index (κ2) is 8.10. The number of carbonyl (C=O) groups is 2. The van der Waals surface area contributed by atoms with E-state index in [0.717, 1.165) is 34.3 Å². The number of nitrogens with one attached hydrogen (secondary N) is 2. The quantitative estimate of drug-likeness (QED) is 0.523. The Kier molecular flexibility index (Phi) is 5.60. The number of nitrogens with zero attached hydrogens (tertiary/aromatic N) is 2. The van der Waals surface area contributed by atoms with Crippen molar-refractivity contribution >= 4 is 28.6 Å². The number of aryl methyl sites for hydroxylation is 2. The Morgan fingerprint density at radius 3 is 2.64 bits per heavy atom. The van der Waals surface area contributed by atoms with Crippen molar-refractivity contribution in [1.82, 2.24) is 15.1 Å². The summed E-state index contributed by atoms with van der Waals surface area (Å²) in [7, 11) is 0. The molecule has 4 N–H and O–H groups in total. The molecule has 0 fully saturated rings. The Morgan fingerprint density at radius 2 is 2.00 bits per heavy atom. The van der Waals surface area contributed by atoms with Crippen LogP contribution in [0.15, 0.2) is 42.5 Å². The average Bonchev–Trinajstić information content (AvgIpc) is 3.04. The monoisotopic (exact) mass is 382 g/mol. The molecule has 146 valence electrons. The highest BCUT2D eigenvalue weighted by Gasteiger charge is 2.20. The van der Waals surface area contributed by atoms with Crippen LogP contribution >= 0.6 is 0 Å². The number of aliphatic hydroxyl groups is 1. The maximum Gasteiger partial charge on any atom is 0.405 e. The molecule has 28 heavy (non-hydrogen) atoms. The molecule has 1 unspecified atom stereocenters. The predicted molar refractivity (Wildman–Crippen MR) is 106 cm³/mol. The Hall–Kier alpha value is -3.39. The van der Waals surface area contributed by atoms with Crippen LogP contribution < -0.4 is 10.6 Å². The molecule has 0 saturated heterocycles. The first-order valence-electron chi connectivity index (χ1n) is 8.92. The molecule has 2 aromatic carbocycles. The fraction of sp³-hybridized carbons (Fsp3) is 0.250. The summed E-state index contributed by atoms with van der Waals surface area (Å²) >= 11 is 0. The van der Waals surface area contributed by atoms with Crippen molar-refractivity contribution in [1.29, 1.82) is 0 Å². The first-order chi connectivity index (χ1) is 13.4. The van der Waals surface area contributed by atoms with E-state index >= 15 is 0 Å². The molecule has 3 aromatic rings. The Balaban J connectivity index is 1.99. The van der Waals surface area contributed by atoms with Gasteiger partial charge in [-0.1, -0.05) is 19.1 Å². The van der Waals surface area contributed by atoms with Crippen LogP contribution in [0.3, 0.4) is 0 Å². The molecule has 0 aliphatic carbocycles. The smallest absolute Gasteiger partial charge is 0.405 e. The van der Waals surface area contributed by atoms with Crippen molar-refractivity contribution in [2.45, 2.75) is 26.3 Å². The van der Waals surface area contributed by atoms with Gasteiger partial charge in [0, 0.05) is 11.1 Å². The minimum absolute atomic E-state index is 0.486. The van der Waals surface area contributed by atoms with Crippen LogP contribution in [0.5, 0.6) is 0 Å². The van der Waals surface area contributed by atoms with Crippen molar-refractivity contribution in [2.24, 2.45) is 0 Å². The number of hydrogen-bond acceptors (Lipinski definition) is 4. The van der Waals surface area contributed by atoms with Crippen molar-refractivity contribution < 1.29 is 19.8 Å². The minimum Gasteiger partial charge on any atom is -0.465 e. The number of fused-ring (bicyclic) bond motifs is 1. The van der Waals surface area contributed by atoms with E-state index in [0.29, 0.717) is 5.69 Å². The molecule has 0 aliphatic heterocycles. The Bertz CT molecular complexity index is 1030. The Labute approximate surface area is 161 Å². The van der Waals surface area contributed by atoms with E-state index in [4.69, 9.17) is 10.2 Å². The van der Waals surface area contributed by atoms with Crippen LogP contribution in [0.2, 0.25) is 0 Å². The first-order valence-corrected chi connectivity index (χ1v) is 8.92. The summed E-state index contributed by atoms with van der Waals surface area (Å²) in [4.78, 5) is 23.0. The van der Waals surface area contributed by atoms with Crippen LogP contribution in [0.1, 0.15) is 18.2 Å². The zero-order valence-corrected chi connectivity index (χ0v) is 15.6. The molecular weight excluding hydrogens is 360 g/mol. The molecule has 2 amide bonds. The molecule has 8 heteroatoms. The zero-order valence-electron chi connectivity index (χ0n) is 15.6. The molecule has 0 bridgehead atoms. The number of aliphatic hydroxyl groups excluding tert-OH is 1. The van der Waals surface area contributed by atoms with Gasteiger partial charge < -0.3 is 20.8 Å². The molecule has 8 nitrogen and oxygen atoms in total.